The molecule has 1 aromatic carbocycles. The lowest BCUT2D eigenvalue weighted by molar-refractivity contribution is 0.990. The highest BCUT2D eigenvalue weighted by molar-refractivity contribution is 7.17. The lowest BCUT2D eigenvalue weighted by Gasteiger charge is -2.05. The van der Waals surface area contributed by atoms with Crippen molar-refractivity contribution < 1.29 is 0 Å². The van der Waals surface area contributed by atoms with Crippen LogP contribution in [0, 0.1) is 20.8 Å². The van der Waals surface area contributed by atoms with Crippen molar-refractivity contribution in [2.24, 2.45) is 0 Å². The molecule has 5 heteroatoms. The molecule has 0 spiro atoms. The Morgan fingerprint density at radius 3 is 2.71 bits per heavy atom. The average molecular weight is 294 g/mol. The quantitative estimate of drug-likeness (QED) is 0.534. The summed E-state index contributed by atoms with van der Waals surface area (Å²) in [6, 6.07) is 6.55. The fourth-order valence-electron chi connectivity index (χ4n) is 2.57. The van der Waals surface area contributed by atoms with Crippen molar-refractivity contribution in [2.75, 3.05) is 0 Å². The minimum absolute atomic E-state index is 0.858. The van der Waals surface area contributed by atoms with Crippen molar-refractivity contribution in [1.82, 2.24) is 19.6 Å². The van der Waals surface area contributed by atoms with Crippen molar-refractivity contribution in [3.63, 3.8) is 0 Å². The molecule has 3 heterocycles. The summed E-state index contributed by atoms with van der Waals surface area (Å²) in [7, 11) is 0. The molecule has 0 aliphatic carbocycles. The molecule has 0 saturated heterocycles. The van der Waals surface area contributed by atoms with E-state index in [1.54, 1.807) is 17.7 Å². The number of benzene rings is 1. The van der Waals surface area contributed by atoms with Gasteiger partial charge in [-0.1, -0.05) is 18.2 Å². The maximum Gasteiger partial charge on any atom is 0.173 e. The van der Waals surface area contributed by atoms with E-state index in [9.17, 15) is 0 Å². The van der Waals surface area contributed by atoms with E-state index in [1.807, 2.05) is 11.3 Å². The van der Waals surface area contributed by atoms with Crippen LogP contribution in [0.2, 0.25) is 0 Å². The van der Waals surface area contributed by atoms with E-state index in [2.05, 4.69) is 52.6 Å². The summed E-state index contributed by atoms with van der Waals surface area (Å²) in [6.07, 6.45) is 1.80. The first-order valence-electron chi connectivity index (χ1n) is 6.80. The van der Waals surface area contributed by atoms with Crippen LogP contribution in [0.1, 0.15) is 17.0 Å². The summed E-state index contributed by atoms with van der Waals surface area (Å²) in [6.45, 7) is 6.21. The van der Waals surface area contributed by atoms with Crippen molar-refractivity contribution in [2.45, 2.75) is 20.8 Å². The van der Waals surface area contributed by atoms with Gasteiger partial charge in [0.1, 0.15) is 17.0 Å². The topological polar surface area (TPSA) is 43.1 Å². The zero-order chi connectivity index (χ0) is 14.6. The summed E-state index contributed by atoms with van der Waals surface area (Å²) >= 11 is 1.65. The molecule has 0 radical (unpaired) electrons. The van der Waals surface area contributed by atoms with Gasteiger partial charge in [0.05, 0.1) is 5.39 Å². The van der Waals surface area contributed by atoms with Gasteiger partial charge in [0.15, 0.2) is 5.65 Å². The lowest BCUT2D eigenvalue weighted by atomic mass is 10.0. The van der Waals surface area contributed by atoms with Crippen molar-refractivity contribution in [3.05, 3.63) is 46.9 Å². The highest BCUT2D eigenvalue weighted by Crippen LogP contribution is 2.35. The Hall–Kier alpha value is -2.27. The minimum atomic E-state index is 0.858. The smallest absolute Gasteiger partial charge is 0.173 e. The predicted molar refractivity (Wildman–Crippen MR) is 85.8 cm³/mol. The Balaban J connectivity index is 2.08. The summed E-state index contributed by atoms with van der Waals surface area (Å²) in [4.78, 5) is 5.53. The van der Waals surface area contributed by atoms with E-state index in [4.69, 9.17) is 0 Å². The Morgan fingerprint density at radius 2 is 1.90 bits per heavy atom. The Morgan fingerprint density at radius 1 is 1.05 bits per heavy atom. The third-order valence-corrected chi connectivity index (χ3v) is 4.86. The second-order valence-corrected chi connectivity index (χ2v) is 6.17. The number of rotatable bonds is 1. The fourth-order valence-corrected chi connectivity index (χ4v) is 3.48. The van der Waals surface area contributed by atoms with Gasteiger partial charge in [-0.25, -0.2) is 4.98 Å². The van der Waals surface area contributed by atoms with Crippen LogP contribution < -0.4 is 0 Å². The maximum atomic E-state index is 4.53. The molecule has 3 aromatic heterocycles. The van der Waals surface area contributed by atoms with E-state index in [0.29, 0.717) is 0 Å². The number of fused-ring (bicyclic) bond motifs is 3. The van der Waals surface area contributed by atoms with Crippen LogP contribution in [0.3, 0.4) is 0 Å². The van der Waals surface area contributed by atoms with Gasteiger partial charge in [-0.3, -0.25) is 4.40 Å². The second-order valence-electron chi connectivity index (χ2n) is 5.31. The monoisotopic (exact) mass is 294 g/mol. The molecule has 4 rings (SSSR count). The van der Waals surface area contributed by atoms with Gasteiger partial charge in [0.25, 0.3) is 0 Å². The maximum absolute atomic E-state index is 4.53. The number of thiophene rings is 1. The fraction of sp³-hybridized carbons (Fsp3) is 0.188. The molecule has 104 valence electrons. The predicted octanol–water partition coefficient (Wildman–Crippen LogP) is 3.93. The van der Waals surface area contributed by atoms with Crippen LogP contribution in [0.15, 0.2) is 29.9 Å². The summed E-state index contributed by atoms with van der Waals surface area (Å²) in [5, 5.41) is 11.7. The van der Waals surface area contributed by atoms with Crippen molar-refractivity contribution in [1.29, 1.82) is 0 Å². The van der Waals surface area contributed by atoms with Crippen LogP contribution in [-0.4, -0.2) is 19.6 Å². The van der Waals surface area contributed by atoms with Gasteiger partial charge < -0.3 is 0 Å². The molecule has 21 heavy (non-hydrogen) atoms. The second kappa shape index (κ2) is 4.36. The normalized spacial score (nSPS) is 11.6. The van der Waals surface area contributed by atoms with Crippen LogP contribution in [-0.2, 0) is 0 Å². The molecule has 0 atom stereocenters. The van der Waals surface area contributed by atoms with E-state index < -0.39 is 0 Å². The summed E-state index contributed by atoms with van der Waals surface area (Å²) in [5.41, 5.74) is 5.87. The number of aromatic nitrogens is 4. The number of nitrogens with zero attached hydrogens (tertiary/aromatic N) is 4. The molecule has 0 saturated carbocycles. The Kier molecular flexibility index (Phi) is 2.59. The molecule has 4 aromatic rings. The third-order valence-electron chi connectivity index (χ3n) is 3.97. The average Bonchev–Trinajstić information content (AvgIpc) is 3.06. The van der Waals surface area contributed by atoms with E-state index in [1.165, 1.54) is 22.3 Å². The van der Waals surface area contributed by atoms with Crippen LogP contribution in [0.25, 0.3) is 27.0 Å². The summed E-state index contributed by atoms with van der Waals surface area (Å²) in [5.74, 6) is 0.858. The van der Waals surface area contributed by atoms with E-state index in [0.717, 1.165) is 21.7 Å². The molecular formula is C16H14N4S. The SMILES string of the molecule is Cc1ccc(-c2csc3ncn4c(C)nnc4c23)cc1C. The largest absolute Gasteiger partial charge is 0.269 e. The first-order chi connectivity index (χ1) is 10.1. The number of hydrogen-bond donors (Lipinski definition) is 0. The summed E-state index contributed by atoms with van der Waals surface area (Å²) < 4.78 is 1.94. The standard InChI is InChI=1S/C16H14N4S/c1-9-4-5-12(6-10(9)2)13-7-21-16-14(13)15-19-18-11(3)20(15)8-17-16/h4-8H,1-3H3. The third kappa shape index (κ3) is 1.77. The van der Waals surface area contributed by atoms with Crippen LogP contribution >= 0.6 is 11.3 Å². The zero-order valence-corrected chi connectivity index (χ0v) is 12.9. The zero-order valence-electron chi connectivity index (χ0n) is 12.1. The molecular weight excluding hydrogens is 280 g/mol. The molecule has 0 aliphatic heterocycles. The molecule has 0 bridgehead atoms. The van der Waals surface area contributed by atoms with Gasteiger partial charge in [-0.2, -0.15) is 0 Å². The molecule has 0 fully saturated rings. The van der Waals surface area contributed by atoms with Gasteiger partial charge >= 0.3 is 0 Å². The molecule has 0 unspecified atom stereocenters. The van der Waals surface area contributed by atoms with E-state index >= 15 is 0 Å². The molecule has 0 aliphatic rings. The van der Waals surface area contributed by atoms with Gasteiger partial charge in [0.2, 0.25) is 0 Å². The number of hydrogen-bond acceptors (Lipinski definition) is 4. The highest BCUT2D eigenvalue weighted by atomic mass is 32.1. The number of aryl methyl sites for hydroxylation is 3. The Bertz CT molecular complexity index is 981. The molecule has 0 N–H and O–H groups in total. The molecule has 0 amide bonds. The first kappa shape index (κ1) is 12.5. The van der Waals surface area contributed by atoms with Gasteiger partial charge in [0, 0.05) is 10.9 Å². The van der Waals surface area contributed by atoms with Gasteiger partial charge in [-0.15, -0.1) is 21.5 Å². The van der Waals surface area contributed by atoms with E-state index in [-0.39, 0.29) is 0 Å². The van der Waals surface area contributed by atoms with Gasteiger partial charge in [-0.05, 0) is 37.5 Å². The van der Waals surface area contributed by atoms with Crippen LogP contribution in [0.5, 0.6) is 0 Å². The van der Waals surface area contributed by atoms with Crippen molar-refractivity contribution >= 4 is 27.2 Å². The molecule has 4 nitrogen and oxygen atoms in total. The highest BCUT2D eigenvalue weighted by Gasteiger charge is 2.14. The van der Waals surface area contributed by atoms with Crippen molar-refractivity contribution in [3.8, 4) is 11.1 Å². The first-order valence-corrected chi connectivity index (χ1v) is 7.68. The lowest BCUT2D eigenvalue weighted by Crippen LogP contribution is -1.90. The minimum Gasteiger partial charge on any atom is -0.269 e. The van der Waals surface area contributed by atoms with Crippen LogP contribution in [0.4, 0.5) is 0 Å². The Labute approximate surface area is 126 Å².